The van der Waals surface area contributed by atoms with Gasteiger partial charge in [-0.05, 0) is 20.8 Å². The molecule has 0 saturated carbocycles. The number of hydrogen-bond acceptors (Lipinski definition) is 5. The highest BCUT2D eigenvalue weighted by atomic mass is 32.2. The predicted octanol–water partition coefficient (Wildman–Crippen LogP) is 1.95. The minimum absolute atomic E-state index is 0.341. The third-order valence-corrected chi connectivity index (χ3v) is 5.07. The average molecular weight is 292 g/mol. The van der Waals surface area contributed by atoms with Crippen LogP contribution in [0.15, 0.2) is 0 Å². The molecule has 1 aliphatic rings. The third-order valence-electron chi connectivity index (χ3n) is 2.23. The Hall–Kier alpha value is -0.0700. The van der Waals surface area contributed by atoms with E-state index in [0.717, 1.165) is 13.1 Å². The van der Waals surface area contributed by atoms with Gasteiger partial charge < -0.3 is 15.4 Å². The predicted molar refractivity (Wildman–Crippen MR) is 80.7 cm³/mol. The zero-order valence-corrected chi connectivity index (χ0v) is 13.1. The first-order chi connectivity index (χ1) is 8.47. The molecule has 4 nitrogen and oxygen atoms in total. The highest BCUT2D eigenvalue weighted by Gasteiger charge is 2.16. The summed E-state index contributed by atoms with van der Waals surface area (Å²) in [4.78, 5) is 11.4. The molecule has 0 aliphatic carbocycles. The van der Waals surface area contributed by atoms with Crippen molar-refractivity contribution in [2.75, 3.05) is 36.9 Å². The van der Waals surface area contributed by atoms with E-state index in [1.54, 1.807) is 0 Å². The average Bonchev–Trinajstić information content (AvgIpc) is 2.27. The first-order valence-electron chi connectivity index (χ1n) is 6.34. The SMILES string of the molecule is CC(C)(C)OC(=O)NCCNCC1CSCCS1. The first-order valence-corrected chi connectivity index (χ1v) is 8.54. The molecule has 0 aromatic rings. The van der Waals surface area contributed by atoms with Crippen LogP contribution in [0.5, 0.6) is 0 Å². The molecule has 1 saturated heterocycles. The largest absolute Gasteiger partial charge is 0.444 e. The van der Waals surface area contributed by atoms with Crippen molar-refractivity contribution in [1.29, 1.82) is 0 Å². The van der Waals surface area contributed by atoms with Gasteiger partial charge in [0.25, 0.3) is 0 Å². The van der Waals surface area contributed by atoms with Crippen molar-refractivity contribution in [2.45, 2.75) is 31.6 Å². The fraction of sp³-hybridized carbons (Fsp3) is 0.917. The fourth-order valence-electron chi connectivity index (χ4n) is 1.48. The summed E-state index contributed by atoms with van der Waals surface area (Å²) in [6.45, 7) is 8.02. The van der Waals surface area contributed by atoms with Crippen LogP contribution >= 0.6 is 23.5 Å². The van der Waals surface area contributed by atoms with Crippen LogP contribution in [0.1, 0.15) is 20.8 Å². The molecule has 106 valence electrons. The van der Waals surface area contributed by atoms with Crippen LogP contribution in [0.25, 0.3) is 0 Å². The van der Waals surface area contributed by atoms with Gasteiger partial charge in [-0.3, -0.25) is 0 Å². The van der Waals surface area contributed by atoms with E-state index in [-0.39, 0.29) is 6.09 Å². The first kappa shape index (κ1) is 16.0. The molecule has 1 rings (SSSR count). The van der Waals surface area contributed by atoms with Crippen molar-refractivity contribution in [2.24, 2.45) is 0 Å². The summed E-state index contributed by atoms with van der Waals surface area (Å²) >= 11 is 4.07. The highest BCUT2D eigenvalue weighted by molar-refractivity contribution is 8.06. The Balaban J connectivity index is 1.96. The maximum absolute atomic E-state index is 11.4. The fourth-order valence-corrected chi connectivity index (χ4v) is 4.13. The molecular formula is C12H24N2O2S2. The van der Waals surface area contributed by atoms with Crippen LogP contribution in [-0.4, -0.2) is 53.8 Å². The van der Waals surface area contributed by atoms with Crippen LogP contribution in [0.2, 0.25) is 0 Å². The summed E-state index contributed by atoms with van der Waals surface area (Å²) < 4.78 is 5.15. The molecule has 18 heavy (non-hydrogen) atoms. The van der Waals surface area contributed by atoms with E-state index >= 15 is 0 Å². The van der Waals surface area contributed by atoms with Crippen LogP contribution in [-0.2, 0) is 4.74 Å². The molecule has 0 radical (unpaired) electrons. The molecule has 0 spiro atoms. The molecule has 1 aliphatic heterocycles. The second kappa shape index (κ2) is 8.17. The van der Waals surface area contributed by atoms with E-state index < -0.39 is 5.60 Å². The van der Waals surface area contributed by atoms with E-state index in [9.17, 15) is 4.79 Å². The summed E-state index contributed by atoms with van der Waals surface area (Å²) in [6.07, 6.45) is -0.341. The summed E-state index contributed by atoms with van der Waals surface area (Å²) in [5.74, 6) is 3.77. The molecule has 1 atom stereocenters. The Labute approximate surface area is 118 Å². The molecule has 0 aromatic carbocycles. The number of carbonyl (C=O) groups excluding carboxylic acids is 1. The minimum Gasteiger partial charge on any atom is -0.444 e. The number of ether oxygens (including phenoxy) is 1. The van der Waals surface area contributed by atoms with E-state index in [1.165, 1.54) is 17.3 Å². The second-order valence-corrected chi connectivity index (χ2v) is 7.76. The molecule has 1 unspecified atom stereocenters. The van der Waals surface area contributed by atoms with Gasteiger partial charge >= 0.3 is 6.09 Å². The number of hydrogen-bond donors (Lipinski definition) is 2. The summed E-state index contributed by atoms with van der Waals surface area (Å²) in [5.41, 5.74) is -0.423. The lowest BCUT2D eigenvalue weighted by Crippen LogP contribution is -2.38. The molecule has 1 heterocycles. The van der Waals surface area contributed by atoms with E-state index in [0.29, 0.717) is 11.8 Å². The molecule has 1 fully saturated rings. The molecular weight excluding hydrogens is 268 g/mol. The Morgan fingerprint density at radius 2 is 2.11 bits per heavy atom. The molecule has 6 heteroatoms. The maximum Gasteiger partial charge on any atom is 0.407 e. The van der Waals surface area contributed by atoms with Crippen LogP contribution in [0.4, 0.5) is 4.79 Å². The van der Waals surface area contributed by atoms with E-state index in [2.05, 4.69) is 10.6 Å². The monoisotopic (exact) mass is 292 g/mol. The van der Waals surface area contributed by atoms with Gasteiger partial charge in [-0.2, -0.15) is 23.5 Å². The van der Waals surface area contributed by atoms with Gasteiger partial charge in [-0.1, -0.05) is 0 Å². The van der Waals surface area contributed by atoms with Crippen molar-refractivity contribution in [3.63, 3.8) is 0 Å². The van der Waals surface area contributed by atoms with Crippen molar-refractivity contribution >= 4 is 29.6 Å². The number of amides is 1. The molecule has 0 aromatic heterocycles. The lowest BCUT2D eigenvalue weighted by atomic mass is 10.2. The third kappa shape index (κ3) is 8.11. The van der Waals surface area contributed by atoms with Gasteiger partial charge in [0, 0.05) is 42.1 Å². The molecule has 1 amide bonds. The van der Waals surface area contributed by atoms with Crippen molar-refractivity contribution in [3.8, 4) is 0 Å². The summed E-state index contributed by atoms with van der Waals surface area (Å²) in [5, 5.41) is 6.82. The van der Waals surface area contributed by atoms with Crippen molar-refractivity contribution in [1.82, 2.24) is 10.6 Å². The normalized spacial score (nSPS) is 20.5. The molecule has 0 bridgehead atoms. The Morgan fingerprint density at radius 1 is 1.33 bits per heavy atom. The van der Waals surface area contributed by atoms with Gasteiger partial charge in [0.05, 0.1) is 0 Å². The zero-order valence-electron chi connectivity index (χ0n) is 11.5. The smallest absolute Gasteiger partial charge is 0.407 e. The number of rotatable bonds is 5. The van der Waals surface area contributed by atoms with E-state index in [1.807, 2.05) is 44.3 Å². The highest BCUT2D eigenvalue weighted by Crippen LogP contribution is 2.23. The summed E-state index contributed by atoms with van der Waals surface area (Å²) in [6, 6.07) is 0. The number of nitrogens with one attached hydrogen (secondary N) is 2. The lowest BCUT2D eigenvalue weighted by Gasteiger charge is -2.21. The summed E-state index contributed by atoms with van der Waals surface area (Å²) in [7, 11) is 0. The van der Waals surface area contributed by atoms with Crippen LogP contribution in [0.3, 0.4) is 0 Å². The lowest BCUT2D eigenvalue weighted by molar-refractivity contribution is 0.0528. The second-order valence-electron chi connectivity index (χ2n) is 5.20. The van der Waals surface area contributed by atoms with Crippen molar-refractivity contribution in [3.05, 3.63) is 0 Å². The van der Waals surface area contributed by atoms with Crippen LogP contribution < -0.4 is 10.6 Å². The Morgan fingerprint density at radius 3 is 2.72 bits per heavy atom. The van der Waals surface area contributed by atoms with Gasteiger partial charge in [0.15, 0.2) is 0 Å². The number of thioether (sulfide) groups is 2. The molecule has 2 N–H and O–H groups in total. The Bertz CT molecular complexity index is 251. The van der Waals surface area contributed by atoms with Gasteiger partial charge in [0.2, 0.25) is 0 Å². The van der Waals surface area contributed by atoms with Gasteiger partial charge in [-0.25, -0.2) is 4.79 Å². The van der Waals surface area contributed by atoms with Crippen LogP contribution in [0, 0.1) is 0 Å². The van der Waals surface area contributed by atoms with Gasteiger partial charge in [0.1, 0.15) is 5.60 Å². The topological polar surface area (TPSA) is 50.4 Å². The van der Waals surface area contributed by atoms with Gasteiger partial charge in [-0.15, -0.1) is 0 Å². The standard InChI is InChI=1S/C12H24N2O2S2/c1-12(2,3)16-11(15)14-5-4-13-8-10-9-17-6-7-18-10/h10,13H,4-9H2,1-3H3,(H,14,15). The quantitative estimate of drug-likeness (QED) is 0.759. The minimum atomic E-state index is -0.423. The number of carbonyl (C=O) groups is 1. The Kier molecular flexibility index (Phi) is 7.26. The van der Waals surface area contributed by atoms with Crippen molar-refractivity contribution < 1.29 is 9.53 Å². The zero-order chi connectivity index (χ0) is 13.4. The van der Waals surface area contributed by atoms with E-state index in [4.69, 9.17) is 4.74 Å². The maximum atomic E-state index is 11.4. The number of alkyl carbamates (subject to hydrolysis) is 1.